The van der Waals surface area contributed by atoms with Crippen molar-refractivity contribution in [3.05, 3.63) is 53.9 Å². The molecular weight excluding hydrogens is 433 g/mol. The second-order valence-electron chi connectivity index (χ2n) is 7.23. The van der Waals surface area contributed by atoms with E-state index in [-0.39, 0.29) is 18.7 Å². The van der Waals surface area contributed by atoms with Crippen molar-refractivity contribution < 1.29 is 37.7 Å². The molecule has 1 saturated heterocycles. The summed E-state index contributed by atoms with van der Waals surface area (Å²) in [7, 11) is 5.75. The van der Waals surface area contributed by atoms with Crippen LogP contribution in [0.5, 0.6) is 23.0 Å². The number of hydrogen-bond donors (Lipinski definition) is 0. The number of methoxy groups -OCH3 is 4. The first-order chi connectivity index (χ1) is 15.9. The monoisotopic (exact) mass is 459 g/mol. The molecule has 9 heteroatoms. The molecule has 2 unspecified atom stereocenters. The molecule has 8 nitrogen and oxygen atoms in total. The van der Waals surface area contributed by atoms with Crippen LogP contribution in [0.25, 0.3) is 6.08 Å². The lowest BCUT2D eigenvalue weighted by atomic mass is 10.1. The van der Waals surface area contributed by atoms with Crippen molar-refractivity contribution in [1.82, 2.24) is 4.90 Å². The molecule has 0 aromatic heterocycles. The van der Waals surface area contributed by atoms with Crippen LogP contribution in [0.1, 0.15) is 12.0 Å². The highest BCUT2D eigenvalue weighted by Gasteiger charge is 2.41. The van der Waals surface area contributed by atoms with E-state index < -0.39 is 29.8 Å². The smallest absolute Gasteiger partial charge is 0.328 e. The quantitative estimate of drug-likeness (QED) is 0.443. The fourth-order valence-corrected chi connectivity index (χ4v) is 3.67. The zero-order chi connectivity index (χ0) is 24.0. The van der Waals surface area contributed by atoms with Gasteiger partial charge in [0.1, 0.15) is 12.1 Å². The Kier molecular flexibility index (Phi) is 7.76. The molecule has 1 aliphatic rings. The molecule has 0 spiro atoms. The minimum atomic E-state index is -0.844. The topological polar surface area (TPSA) is 83.5 Å². The first-order valence-electron chi connectivity index (χ1n) is 10.2. The van der Waals surface area contributed by atoms with Gasteiger partial charge in [-0.2, -0.15) is 0 Å². The van der Waals surface area contributed by atoms with Crippen molar-refractivity contribution in [3.8, 4) is 23.0 Å². The molecule has 3 rings (SSSR count). The van der Waals surface area contributed by atoms with E-state index in [1.54, 1.807) is 30.3 Å². The van der Waals surface area contributed by atoms with Gasteiger partial charge < -0.3 is 28.6 Å². The third-order valence-corrected chi connectivity index (χ3v) is 5.25. The van der Waals surface area contributed by atoms with Gasteiger partial charge in [-0.05, 0) is 35.9 Å². The summed E-state index contributed by atoms with van der Waals surface area (Å²) < 4.78 is 40.5. The number of carbonyl (C=O) groups is 2. The molecule has 0 bridgehead atoms. The Labute approximate surface area is 191 Å². The average molecular weight is 459 g/mol. The number of hydrogen-bond acceptors (Lipinski definition) is 7. The Balaban J connectivity index is 1.80. The van der Waals surface area contributed by atoms with Crippen LogP contribution in [0.2, 0.25) is 0 Å². The summed E-state index contributed by atoms with van der Waals surface area (Å²) in [6.45, 7) is 0.104. The van der Waals surface area contributed by atoms with E-state index in [0.29, 0.717) is 22.8 Å². The predicted octanol–water partition coefficient (Wildman–Crippen LogP) is 3.09. The van der Waals surface area contributed by atoms with E-state index in [1.807, 2.05) is 0 Å². The molecule has 2 atom stereocenters. The van der Waals surface area contributed by atoms with Crippen molar-refractivity contribution in [2.45, 2.75) is 18.6 Å². The fraction of sp³-hybridized carbons (Fsp3) is 0.333. The highest BCUT2D eigenvalue weighted by atomic mass is 19.1. The van der Waals surface area contributed by atoms with Gasteiger partial charge in [-0.25, -0.2) is 9.18 Å². The first kappa shape index (κ1) is 23.9. The summed E-state index contributed by atoms with van der Waals surface area (Å²) in [6.07, 6.45) is 2.53. The summed E-state index contributed by atoms with van der Waals surface area (Å²) in [6, 6.07) is 8.52. The van der Waals surface area contributed by atoms with E-state index in [1.165, 1.54) is 51.5 Å². The van der Waals surface area contributed by atoms with Crippen LogP contribution in [0.4, 0.5) is 4.39 Å². The van der Waals surface area contributed by atoms with Crippen LogP contribution >= 0.6 is 0 Å². The number of nitrogens with zero attached hydrogens (tertiary/aromatic N) is 1. The Morgan fingerprint density at radius 1 is 1.00 bits per heavy atom. The molecule has 1 amide bonds. The molecule has 33 heavy (non-hydrogen) atoms. The SMILES string of the molecule is COC(=O)C1CC(Oc2ccccc2F)CN1C(=O)/C=C/c1cc(OC)c(OC)c(OC)c1. The minimum Gasteiger partial charge on any atom is -0.493 e. The van der Waals surface area contributed by atoms with E-state index in [0.717, 1.165) is 0 Å². The van der Waals surface area contributed by atoms with Crippen LogP contribution in [0.15, 0.2) is 42.5 Å². The molecule has 1 fully saturated rings. The van der Waals surface area contributed by atoms with Gasteiger partial charge in [0.25, 0.3) is 0 Å². The lowest BCUT2D eigenvalue weighted by Gasteiger charge is -2.20. The molecule has 0 saturated carbocycles. The summed E-state index contributed by atoms with van der Waals surface area (Å²) >= 11 is 0. The van der Waals surface area contributed by atoms with Gasteiger partial charge in [-0.15, -0.1) is 0 Å². The zero-order valence-electron chi connectivity index (χ0n) is 18.9. The van der Waals surface area contributed by atoms with Crippen molar-refractivity contribution >= 4 is 18.0 Å². The minimum absolute atomic E-state index is 0.0633. The van der Waals surface area contributed by atoms with Gasteiger partial charge in [0.2, 0.25) is 11.7 Å². The van der Waals surface area contributed by atoms with Crippen LogP contribution in [-0.2, 0) is 14.3 Å². The molecule has 2 aromatic carbocycles. The van der Waals surface area contributed by atoms with Gasteiger partial charge in [-0.3, -0.25) is 4.79 Å². The van der Waals surface area contributed by atoms with E-state index >= 15 is 0 Å². The maximum atomic E-state index is 14.0. The van der Waals surface area contributed by atoms with E-state index in [2.05, 4.69) is 0 Å². The third kappa shape index (κ3) is 5.36. The highest BCUT2D eigenvalue weighted by molar-refractivity contribution is 5.95. The normalized spacial score (nSPS) is 17.7. The van der Waals surface area contributed by atoms with Gasteiger partial charge in [-0.1, -0.05) is 12.1 Å². The lowest BCUT2D eigenvalue weighted by Crippen LogP contribution is -2.40. The molecule has 1 heterocycles. The number of halogens is 1. The number of ether oxygens (including phenoxy) is 5. The summed E-state index contributed by atoms with van der Waals surface area (Å²) in [5, 5.41) is 0. The summed E-state index contributed by atoms with van der Waals surface area (Å²) in [5.41, 5.74) is 0.630. The highest BCUT2D eigenvalue weighted by Crippen LogP contribution is 2.38. The standard InChI is InChI=1S/C24H26FNO7/c1-29-20-11-15(12-21(30-2)23(20)31-3)9-10-22(27)26-14-16(13-18(26)24(28)32-4)33-19-8-6-5-7-17(19)25/h5-12,16,18H,13-14H2,1-4H3/b10-9+. The molecular formula is C24H26FNO7. The van der Waals surface area contributed by atoms with Crippen LogP contribution in [0, 0.1) is 5.82 Å². The van der Waals surface area contributed by atoms with Crippen LogP contribution < -0.4 is 18.9 Å². The Morgan fingerprint density at radius 2 is 1.67 bits per heavy atom. The fourth-order valence-electron chi connectivity index (χ4n) is 3.67. The molecule has 0 aliphatic carbocycles. The number of rotatable bonds is 8. The van der Waals surface area contributed by atoms with Crippen molar-refractivity contribution in [3.63, 3.8) is 0 Å². The second-order valence-corrected chi connectivity index (χ2v) is 7.23. The molecule has 0 radical (unpaired) electrons. The molecule has 176 valence electrons. The summed E-state index contributed by atoms with van der Waals surface area (Å²) in [5.74, 6) is -0.121. The van der Waals surface area contributed by atoms with E-state index in [4.69, 9.17) is 23.7 Å². The second kappa shape index (κ2) is 10.7. The van der Waals surface area contributed by atoms with E-state index in [9.17, 15) is 14.0 Å². The predicted molar refractivity (Wildman–Crippen MR) is 118 cm³/mol. The van der Waals surface area contributed by atoms with Gasteiger partial charge >= 0.3 is 5.97 Å². The number of likely N-dealkylation sites (tertiary alicyclic amines) is 1. The summed E-state index contributed by atoms with van der Waals surface area (Å²) in [4.78, 5) is 26.6. The van der Waals surface area contributed by atoms with Gasteiger partial charge in [0, 0.05) is 12.5 Å². The number of benzene rings is 2. The third-order valence-electron chi connectivity index (χ3n) is 5.25. The Bertz CT molecular complexity index is 1010. The van der Waals surface area contributed by atoms with Gasteiger partial charge in [0.05, 0.1) is 35.0 Å². The molecule has 2 aromatic rings. The lowest BCUT2D eigenvalue weighted by molar-refractivity contribution is -0.149. The Hall–Kier alpha value is -3.75. The number of amides is 1. The largest absolute Gasteiger partial charge is 0.493 e. The van der Waals surface area contributed by atoms with Crippen molar-refractivity contribution in [2.24, 2.45) is 0 Å². The molecule has 1 aliphatic heterocycles. The van der Waals surface area contributed by atoms with Crippen LogP contribution in [-0.4, -0.2) is 63.9 Å². The van der Waals surface area contributed by atoms with Crippen molar-refractivity contribution in [2.75, 3.05) is 35.0 Å². The molecule has 0 N–H and O–H groups in total. The number of esters is 1. The van der Waals surface area contributed by atoms with Crippen LogP contribution in [0.3, 0.4) is 0 Å². The maximum absolute atomic E-state index is 14.0. The maximum Gasteiger partial charge on any atom is 0.328 e. The van der Waals surface area contributed by atoms with Gasteiger partial charge in [0.15, 0.2) is 23.1 Å². The Morgan fingerprint density at radius 3 is 2.24 bits per heavy atom. The average Bonchev–Trinajstić information content (AvgIpc) is 3.26. The first-order valence-corrected chi connectivity index (χ1v) is 10.2. The number of para-hydroxylation sites is 1. The zero-order valence-corrected chi connectivity index (χ0v) is 18.9. The van der Waals surface area contributed by atoms with Crippen molar-refractivity contribution in [1.29, 1.82) is 0 Å². The number of carbonyl (C=O) groups excluding carboxylic acids is 2.